The van der Waals surface area contributed by atoms with E-state index in [4.69, 9.17) is 9.47 Å². The molecule has 134 valence electrons. The Kier molecular flexibility index (Phi) is 5.30. The van der Waals surface area contributed by atoms with Crippen LogP contribution in [0.25, 0.3) is 10.9 Å². The van der Waals surface area contributed by atoms with Crippen molar-refractivity contribution in [3.8, 4) is 5.75 Å². The van der Waals surface area contributed by atoms with Crippen molar-refractivity contribution in [2.75, 3.05) is 7.11 Å². The van der Waals surface area contributed by atoms with E-state index >= 15 is 0 Å². The number of ether oxygens (including phenoxy) is 2. The molecule has 0 aliphatic heterocycles. The molecule has 0 radical (unpaired) electrons. The number of amides is 1. The molecule has 1 aromatic carbocycles. The van der Waals surface area contributed by atoms with Crippen molar-refractivity contribution in [3.05, 3.63) is 35.5 Å². The van der Waals surface area contributed by atoms with Crippen molar-refractivity contribution in [2.24, 2.45) is 0 Å². The van der Waals surface area contributed by atoms with E-state index in [-0.39, 0.29) is 5.91 Å². The molecule has 1 amide bonds. The molecule has 0 saturated carbocycles. The summed E-state index contributed by atoms with van der Waals surface area (Å²) in [5.41, 5.74) is 1.21. The van der Waals surface area contributed by atoms with Crippen LogP contribution in [-0.4, -0.2) is 35.6 Å². The predicted octanol–water partition coefficient (Wildman–Crippen LogP) is 3.01. The first kappa shape index (κ1) is 18.7. The van der Waals surface area contributed by atoms with Gasteiger partial charge in [0.05, 0.1) is 23.9 Å². The fraction of sp³-hybridized carbons (Fsp3) is 0.421. The third-order valence-electron chi connectivity index (χ3n) is 3.59. The summed E-state index contributed by atoms with van der Waals surface area (Å²) in [6, 6.07) is 7.14. The Labute approximate surface area is 147 Å². The first-order chi connectivity index (χ1) is 11.6. The van der Waals surface area contributed by atoms with E-state index in [1.165, 1.54) is 0 Å². The highest BCUT2D eigenvalue weighted by Crippen LogP contribution is 2.22. The van der Waals surface area contributed by atoms with Gasteiger partial charge in [0, 0.05) is 17.0 Å². The van der Waals surface area contributed by atoms with Crippen molar-refractivity contribution in [3.63, 3.8) is 0 Å². The van der Waals surface area contributed by atoms with Crippen molar-refractivity contribution >= 4 is 22.8 Å². The second-order valence-corrected chi connectivity index (χ2v) is 6.97. The molecule has 6 heteroatoms. The van der Waals surface area contributed by atoms with Gasteiger partial charge in [-0.1, -0.05) is 0 Å². The summed E-state index contributed by atoms with van der Waals surface area (Å²) >= 11 is 0. The van der Waals surface area contributed by atoms with Gasteiger partial charge in [-0.15, -0.1) is 0 Å². The van der Waals surface area contributed by atoms with Crippen LogP contribution in [0.5, 0.6) is 5.75 Å². The van der Waals surface area contributed by atoms with Gasteiger partial charge >= 0.3 is 5.97 Å². The fourth-order valence-corrected chi connectivity index (χ4v) is 2.33. The van der Waals surface area contributed by atoms with Crippen molar-refractivity contribution in [1.82, 2.24) is 10.3 Å². The minimum Gasteiger partial charge on any atom is -0.497 e. The number of nitrogens with zero attached hydrogens (tertiary/aromatic N) is 1. The number of hydrogen-bond donors (Lipinski definition) is 1. The van der Waals surface area contributed by atoms with Crippen molar-refractivity contribution in [2.45, 2.75) is 46.3 Å². The Balaban J connectivity index is 2.21. The Hall–Kier alpha value is -2.63. The van der Waals surface area contributed by atoms with Crippen LogP contribution in [0.3, 0.4) is 0 Å². The number of benzene rings is 1. The van der Waals surface area contributed by atoms with E-state index in [1.54, 1.807) is 39.2 Å². The van der Waals surface area contributed by atoms with Crippen molar-refractivity contribution in [1.29, 1.82) is 0 Å². The molecule has 0 bridgehead atoms. The summed E-state index contributed by atoms with van der Waals surface area (Å²) < 4.78 is 10.5. The highest BCUT2D eigenvalue weighted by atomic mass is 16.5. The summed E-state index contributed by atoms with van der Waals surface area (Å²) in [5.74, 6) is -0.210. The molecule has 1 unspecified atom stereocenters. The molecular formula is C19H24N2O4. The highest BCUT2D eigenvalue weighted by molar-refractivity contribution is 5.96. The van der Waals surface area contributed by atoms with Gasteiger partial charge in [0.1, 0.15) is 5.75 Å². The molecule has 0 spiro atoms. The number of carbonyl (C=O) groups is 2. The number of aromatic nitrogens is 1. The Morgan fingerprint density at radius 1 is 1.20 bits per heavy atom. The van der Waals surface area contributed by atoms with E-state index in [9.17, 15) is 9.59 Å². The molecule has 6 nitrogen and oxygen atoms in total. The van der Waals surface area contributed by atoms with Gasteiger partial charge in [-0.05, 0) is 52.8 Å². The molecule has 25 heavy (non-hydrogen) atoms. The van der Waals surface area contributed by atoms with Gasteiger partial charge in [-0.2, -0.15) is 0 Å². The normalized spacial score (nSPS) is 12.6. The summed E-state index contributed by atoms with van der Waals surface area (Å²) in [7, 11) is 1.59. The third kappa shape index (κ3) is 4.68. The predicted molar refractivity (Wildman–Crippen MR) is 95.8 cm³/mol. The summed E-state index contributed by atoms with van der Waals surface area (Å²) in [6.07, 6.45) is -0.891. The Morgan fingerprint density at radius 3 is 2.48 bits per heavy atom. The van der Waals surface area contributed by atoms with Gasteiger partial charge < -0.3 is 14.8 Å². The van der Waals surface area contributed by atoms with Crippen LogP contribution >= 0.6 is 0 Å². The van der Waals surface area contributed by atoms with Crippen LogP contribution in [0.4, 0.5) is 0 Å². The first-order valence-corrected chi connectivity index (χ1v) is 8.09. The van der Waals surface area contributed by atoms with E-state index in [2.05, 4.69) is 10.3 Å². The maximum Gasteiger partial charge on any atom is 0.340 e. The molecule has 0 aliphatic carbocycles. The maximum atomic E-state index is 12.4. The number of carbonyl (C=O) groups excluding carboxylic acids is 2. The molecule has 2 rings (SSSR count). The number of nitrogens with one attached hydrogen (secondary N) is 1. The van der Waals surface area contributed by atoms with Crippen LogP contribution in [0.2, 0.25) is 0 Å². The summed E-state index contributed by atoms with van der Waals surface area (Å²) in [6.45, 7) is 8.88. The number of rotatable bonds is 4. The standard InChI is InChI=1S/C19H24N2O4/c1-11-15(9-13-7-8-14(24-6)10-16(13)20-11)18(23)25-12(2)17(22)21-19(3,4)5/h7-10,12H,1-6H3,(H,21,22). The molecule has 0 fully saturated rings. The number of esters is 1. The molecule has 2 aromatic rings. The lowest BCUT2D eigenvalue weighted by Crippen LogP contribution is -2.46. The SMILES string of the molecule is COc1ccc2cc(C(=O)OC(C)C(=O)NC(C)(C)C)c(C)nc2c1. The lowest BCUT2D eigenvalue weighted by Gasteiger charge is -2.23. The topological polar surface area (TPSA) is 77.5 Å². The van der Waals surface area contributed by atoms with Crippen LogP contribution in [0.1, 0.15) is 43.7 Å². The Bertz CT molecular complexity index is 809. The van der Waals surface area contributed by atoms with Crippen LogP contribution < -0.4 is 10.1 Å². The van der Waals surface area contributed by atoms with Crippen LogP contribution in [-0.2, 0) is 9.53 Å². The number of hydrogen-bond acceptors (Lipinski definition) is 5. The quantitative estimate of drug-likeness (QED) is 0.863. The van der Waals surface area contributed by atoms with E-state index in [0.29, 0.717) is 17.0 Å². The van der Waals surface area contributed by atoms with Crippen LogP contribution in [0, 0.1) is 6.92 Å². The van der Waals surface area contributed by atoms with Gasteiger partial charge in [0.25, 0.3) is 5.91 Å². The average molecular weight is 344 g/mol. The largest absolute Gasteiger partial charge is 0.497 e. The first-order valence-electron chi connectivity index (χ1n) is 8.09. The number of methoxy groups -OCH3 is 1. The molecular weight excluding hydrogens is 320 g/mol. The number of pyridine rings is 1. The number of aryl methyl sites for hydroxylation is 1. The minimum atomic E-state index is -0.891. The van der Waals surface area contributed by atoms with Gasteiger partial charge in [-0.3, -0.25) is 9.78 Å². The fourth-order valence-electron chi connectivity index (χ4n) is 2.33. The van der Waals surface area contributed by atoms with Gasteiger partial charge in [0.15, 0.2) is 6.10 Å². The van der Waals surface area contributed by atoms with Crippen molar-refractivity contribution < 1.29 is 19.1 Å². The van der Waals surface area contributed by atoms with Gasteiger partial charge in [0.2, 0.25) is 0 Å². The molecule has 1 aromatic heterocycles. The van der Waals surface area contributed by atoms with Crippen LogP contribution in [0.15, 0.2) is 24.3 Å². The lowest BCUT2D eigenvalue weighted by atomic mass is 10.1. The highest BCUT2D eigenvalue weighted by Gasteiger charge is 2.24. The smallest absolute Gasteiger partial charge is 0.340 e. The van der Waals surface area contributed by atoms with E-state index < -0.39 is 17.6 Å². The van der Waals surface area contributed by atoms with E-state index in [1.807, 2.05) is 26.8 Å². The zero-order valence-corrected chi connectivity index (χ0v) is 15.5. The molecule has 1 atom stereocenters. The molecule has 1 heterocycles. The molecule has 0 saturated heterocycles. The molecule has 0 aliphatic rings. The maximum absolute atomic E-state index is 12.4. The number of fused-ring (bicyclic) bond motifs is 1. The third-order valence-corrected chi connectivity index (χ3v) is 3.59. The average Bonchev–Trinajstić information content (AvgIpc) is 2.51. The zero-order valence-electron chi connectivity index (χ0n) is 15.5. The van der Waals surface area contributed by atoms with E-state index in [0.717, 1.165) is 10.9 Å². The second kappa shape index (κ2) is 7.09. The molecule has 1 N–H and O–H groups in total. The Morgan fingerprint density at radius 2 is 1.88 bits per heavy atom. The zero-order chi connectivity index (χ0) is 18.8. The van der Waals surface area contributed by atoms with Gasteiger partial charge in [-0.25, -0.2) is 4.79 Å². The second-order valence-electron chi connectivity index (χ2n) is 6.97. The summed E-state index contributed by atoms with van der Waals surface area (Å²) in [4.78, 5) is 29.0. The summed E-state index contributed by atoms with van der Waals surface area (Å²) in [5, 5.41) is 3.58. The lowest BCUT2D eigenvalue weighted by molar-refractivity contribution is -0.130. The monoisotopic (exact) mass is 344 g/mol. The minimum absolute atomic E-state index is 0.336.